The fraction of sp³-hybridized carbons (Fsp3) is 0.357. The van der Waals surface area contributed by atoms with Gasteiger partial charge in [-0.1, -0.05) is 0 Å². The molecule has 1 fully saturated rings. The Morgan fingerprint density at radius 1 is 1.28 bits per heavy atom. The second kappa shape index (κ2) is 4.82. The molecule has 4 nitrogen and oxygen atoms in total. The van der Waals surface area contributed by atoms with E-state index in [0.717, 1.165) is 37.2 Å². The third-order valence-electron chi connectivity index (χ3n) is 3.31. The van der Waals surface area contributed by atoms with E-state index in [1.54, 1.807) is 12.5 Å². The highest BCUT2D eigenvalue weighted by Gasteiger charge is 2.17. The zero-order valence-corrected chi connectivity index (χ0v) is 10.1. The molecule has 0 aliphatic carbocycles. The van der Waals surface area contributed by atoms with E-state index in [1.807, 2.05) is 12.1 Å². The van der Waals surface area contributed by atoms with Gasteiger partial charge in [0.2, 0.25) is 5.89 Å². The molecule has 0 bridgehead atoms. The number of aliphatic hydroxyl groups excluding tert-OH is 1. The minimum absolute atomic E-state index is 0.204. The first-order chi connectivity index (χ1) is 8.83. The number of rotatable bonds is 2. The summed E-state index contributed by atoms with van der Waals surface area (Å²) in [7, 11) is 0. The van der Waals surface area contributed by atoms with Crippen LogP contribution in [0.25, 0.3) is 11.5 Å². The first-order valence-corrected chi connectivity index (χ1v) is 6.26. The minimum Gasteiger partial charge on any atom is -0.445 e. The summed E-state index contributed by atoms with van der Waals surface area (Å²) < 4.78 is 5.26. The molecule has 2 aromatic rings. The van der Waals surface area contributed by atoms with Gasteiger partial charge < -0.3 is 14.4 Å². The topological polar surface area (TPSA) is 49.5 Å². The highest BCUT2D eigenvalue weighted by Crippen LogP contribution is 2.24. The molecule has 1 atom stereocenters. The standard InChI is InChI=1S/C14H16N2O2/c17-13-2-1-8-16(10-13)12-5-3-11(4-6-12)14-15-7-9-18-14/h3-7,9,13,17H,1-2,8,10H2/t13-/m0/s1. The Morgan fingerprint density at radius 3 is 2.78 bits per heavy atom. The van der Waals surface area contributed by atoms with E-state index in [0.29, 0.717) is 5.89 Å². The Kier molecular flexibility index (Phi) is 3.02. The molecule has 1 aliphatic heterocycles. The van der Waals surface area contributed by atoms with E-state index >= 15 is 0 Å². The van der Waals surface area contributed by atoms with Crippen molar-refractivity contribution < 1.29 is 9.52 Å². The molecule has 0 spiro atoms. The van der Waals surface area contributed by atoms with Gasteiger partial charge in [-0.05, 0) is 37.1 Å². The Balaban J connectivity index is 1.78. The number of anilines is 1. The number of benzene rings is 1. The molecule has 0 radical (unpaired) electrons. The summed E-state index contributed by atoms with van der Waals surface area (Å²) in [6, 6.07) is 8.11. The molecule has 1 N–H and O–H groups in total. The fourth-order valence-electron chi connectivity index (χ4n) is 2.37. The normalized spacial score (nSPS) is 20.1. The number of nitrogens with zero attached hydrogens (tertiary/aromatic N) is 2. The Labute approximate surface area is 106 Å². The van der Waals surface area contributed by atoms with Gasteiger partial charge in [-0.25, -0.2) is 4.98 Å². The van der Waals surface area contributed by atoms with Gasteiger partial charge in [0.05, 0.1) is 12.3 Å². The lowest BCUT2D eigenvalue weighted by Crippen LogP contribution is -2.38. The van der Waals surface area contributed by atoms with E-state index in [2.05, 4.69) is 22.0 Å². The summed E-state index contributed by atoms with van der Waals surface area (Å²) >= 11 is 0. The van der Waals surface area contributed by atoms with E-state index in [-0.39, 0.29) is 6.10 Å². The van der Waals surface area contributed by atoms with E-state index in [1.165, 1.54) is 0 Å². The van der Waals surface area contributed by atoms with E-state index < -0.39 is 0 Å². The first kappa shape index (κ1) is 11.3. The third kappa shape index (κ3) is 2.24. The van der Waals surface area contributed by atoms with Gasteiger partial charge in [-0.3, -0.25) is 0 Å². The molecule has 18 heavy (non-hydrogen) atoms. The lowest BCUT2D eigenvalue weighted by Gasteiger charge is -2.32. The molecule has 1 saturated heterocycles. The van der Waals surface area contributed by atoms with Gasteiger partial charge in [0.1, 0.15) is 6.26 Å². The van der Waals surface area contributed by atoms with Crippen LogP contribution < -0.4 is 4.90 Å². The lowest BCUT2D eigenvalue weighted by atomic mass is 10.1. The van der Waals surface area contributed by atoms with E-state index in [4.69, 9.17) is 4.42 Å². The van der Waals surface area contributed by atoms with Crippen LogP contribution in [0.3, 0.4) is 0 Å². The highest BCUT2D eigenvalue weighted by molar-refractivity contribution is 5.59. The highest BCUT2D eigenvalue weighted by atomic mass is 16.3. The van der Waals surface area contributed by atoms with Crippen molar-refractivity contribution >= 4 is 5.69 Å². The molecule has 94 valence electrons. The summed E-state index contributed by atoms with van der Waals surface area (Å²) in [5, 5.41) is 9.68. The van der Waals surface area contributed by atoms with Gasteiger partial charge in [0, 0.05) is 24.3 Å². The zero-order chi connectivity index (χ0) is 12.4. The Morgan fingerprint density at radius 2 is 2.11 bits per heavy atom. The predicted octanol–water partition coefficient (Wildman–Crippen LogP) is 2.30. The van der Waals surface area contributed by atoms with Gasteiger partial charge in [0.25, 0.3) is 0 Å². The van der Waals surface area contributed by atoms with Crippen molar-refractivity contribution in [3.05, 3.63) is 36.7 Å². The van der Waals surface area contributed by atoms with Crippen LogP contribution in [-0.2, 0) is 0 Å². The molecule has 1 aromatic heterocycles. The molecule has 0 amide bonds. The van der Waals surface area contributed by atoms with Crippen LogP contribution in [0.1, 0.15) is 12.8 Å². The molecule has 1 aliphatic rings. The SMILES string of the molecule is O[C@H]1CCCN(c2ccc(-c3ncco3)cc2)C1. The summed E-state index contributed by atoms with van der Waals surface area (Å²) in [4.78, 5) is 6.34. The number of piperidine rings is 1. The quantitative estimate of drug-likeness (QED) is 0.880. The monoisotopic (exact) mass is 244 g/mol. The smallest absolute Gasteiger partial charge is 0.225 e. The molecule has 0 saturated carbocycles. The largest absolute Gasteiger partial charge is 0.445 e. The number of hydrogen-bond acceptors (Lipinski definition) is 4. The van der Waals surface area contributed by atoms with Crippen LogP contribution >= 0.6 is 0 Å². The van der Waals surface area contributed by atoms with Crippen LogP contribution in [0.15, 0.2) is 41.1 Å². The number of aliphatic hydroxyl groups is 1. The van der Waals surface area contributed by atoms with Gasteiger partial charge in [-0.15, -0.1) is 0 Å². The maximum atomic E-state index is 9.68. The summed E-state index contributed by atoms with van der Waals surface area (Å²) in [6.45, 7) is 1.73. The lowest BCUT2D eigenvalue weighted by molar-refractivity contribution is 0.154. The molecule has 0 unspecified atom stereocenters. The molecular weight excluding hydrogens is 228 g/mol. The van der Waals surface area contributed by atoms with Gasteiger partial charge in [0.15, 0.2) is 0 Å². The van der Waals surface area contributed by atoms with Crippen LogP contribution in [0, 0.1) is 0 Å². The maximum absolute atomic E-state index is 9.68. The Bertz CT molecular complexity index is 493. The zero-order valence-electron chi connectivity index (χ0n) is 10.1. The maximum Gasteiger partial charge on any atom is 0.225 e. The summed E-state index contributed by atoms with van der Waals surface area (Å²) in [6.07, 6.45) is 4.97. The average Bonchev–Trinajstić information content (AvgIpc) is 2.93. The van der Waals surface area contributed by atoms with Crippen molar-refractivity contribution in [1.82, 2.24) is 4.98 Å². The van der Waals surface area contributed by atoms with Crippen molar-refractivity contribution in [2.24, 2.45) is 0 Å². The van der Waals surface area contributed by atoms with Crippen molar-refractivity contribution in [1.29, 1.82) is 0 Å². The average molecular weight is 244 g/mol. The van der Waals surface area contributed by atoms with Crippen LogP contribution in [-0.4, -0.2) is 29.3 Å². The van der Waals surface area contributed by atoms with Crippen molar-refractivity contribution in [2.75, 3.05) is 18.0 Å². The van der Waals surface area contributed by atoms with Crippen molar-refractivity contribution in [3.63, 3.8) is 0 Å². The molecule has 1 aromatic carbocycles. The van der Waals surface area contributed by atoms with Crippen molar-refractivity contribution in [3.8, 4) is 11.5 Å². The number of oxazole rings is 1. The fourth-order valence-corrected chi connectivity index (χ4v) is 2.37. The molecule has 4 heteroatoms. The third-order valence-corrected chi connectivity index (χ3v) is 3.31. The molecule has 3 rings (SSSR count). The predicted molar refractivity (Wildman–Crippen MR) is 69.4 cm³/mol. The van der Waals surface area contributed by atoms with Crippen molar-refractivity contribution in [2.45, 2.75) is 18.9 Å². The van der Waals surface area contributed by atoms with Crippen LogP contribution in [0.2, 0.25) is 0 Å². The summed E-state index contributed by atoms with van der Waals surface area (Å²) in [5.41, 5.74) is 2.12. The summed E-state index contributed by atoms with van der Waals surface area (Å²) in [5.74, 6) is 0.639. The second-order valence-electron chi connectivity index (χ2n) is 4.63. The van der Waals surface area contributed by atoms with Crippen LogP contribution in [0.4, 0.5) is 5.69 Å². The first-order valence-electron chi connectivity index (χ1n) is 6.26. The molecular formula is C14H16N2O2. The van der Waals surface area contributed by atoms with Gasteiger partial charge in [-0.2, -0.15) is 0 Å². The number of hydrogen-bond donors (Lipinski definition) is 1. The minimum atomic E-state index is -0.204. The van der Waals surface area contributed by atoms with Crippen LogP contribution in [0.5, 0.6) is 0 Å². The van der Waals surface area contributed by atoms with E-state index in [9.17, 15) is 5.11 Å². The number of aromatic nitrogens is 1. The van der Waals surface area contributed by atoms with Gasteiger partial charge >= 0.3 is 0 Å². The molecule has 2 heterocycles. The second-order valence-corrected chi connectivity index (χ2v) is 4.63. The number of β-amino-alcohol motifs (C(OH)–C–C–N with tert-alkyl or cyclic N) is 1. The Hall–Kier alpha value is -1.81.